The summed E-state index contributed by atoms with van der Waals surface area (Å²) in [5.41, 5.74) is 4.92. The molecule has 1 unspecified atom stereocenters. The van der Waals surface area contributed by atoms with Crippen LogP contribution in [0.4, 0.5) is 0 Å². The molecule has 6 heteroatoms. The Kier molecular flexibility index (Phi) is 7.23. The molecule has 0 fully saturated rings. The molecule has 0 radical (unpaired) electrons. The van der Waals surface area contributed by atoms with Crippen molar-refractivity contribution in [2.75, 3.05) is 18.1 Å². The molecule has 0 aliphatic carbocycles. The highest BCUT2D eigenvalue weighted by Gasteiger charge is 2.05. The first-order valence-corrected chi connectivity index (χ1v) is 5.48. The second-order valence-corrected chi connectivity index (χ2v) is 4.03. The second kappa shape index (κ2) is 7.64. The van der Waals surface area contributed by atoms with Crippen molar-refractivity contribution in [1.82, 2.24) is 5.32 Å². The van der Waals surface area contributed by atoms with E-state index in [2.05, 4.69) is 5.32 Å². The second-order valence-electron chi connectivity index (χ2n) is 2.92. The Labute approximate surface area is 87.4 Å². The first-order valence-electron chi connectivity index (χ1n) is 4.32. The Bertz CT molecular complexity index is 199. The fraction of sp³-hybridized carbons (Fsp3) is 0.750. The van der Waals surface area contributed by atoms with E-state index in [-0.39, 0.29) is 30.2 Å². The normalized spacial score (nSPS) is 12.1. The van der Waals surface area contributed by atoms with Crippen LogP contribution in [0.1, 0.15) is 13.3 Å². The standard InChI is InChI=1S/C8H16N2O3S/c1-6(4-11)10-8(13)2-3-14-5-7(9)12/h6,11H,2-5H2,1H3,(H2,9,12)(H,10,13). The number of carbonyl (C=O) groups excluding carboxylic acids is 2. The van der Waals surface area contributed by atoms with Gasteiger partial charge in [-0.15, -0.1) is 0 Å². The number of rotatable bonds is 7. The molecule has 0 aromatic heterocycles. The minimum Gasteiger partial charge on any atom is -0.394 e. The minimum atomic E-state index is -0.376. The Balaban J connectivity index is 3.40. The molecule has 0 rings (SSSR count). The topological polar surface area (TPSA) is 92.4 Å². The van der Waals surface area contributed by atoms with E-state index in [1.54, 1.807) is 6.92 Å². The molecule has 0 aromatic rings. The molecule has 0 aliphatic heterocycles. The molecule has 0 heterocycles. The van der Waals surface area contributed by atoms with Gasteiger partial charge in [0, 0.05) is 18.2 Å². The highest BCUT2D eigenvalue weighted by molar-refractivity contribution is 7.99. The number of nitrogens with one attached hydrogen (secondary N) is 1. The van der Waals surface area contributed by atoms with Crippen molar-refractivity contribution in [3.8, 4) is 0 Å². The van der Waals surface area contributed by atoms with Gasteiger partial charge in [0.15, 0.2) is 0 Å². The van der Waals surface area contributed by atoms with E-state index in [1.807, 2.05) is 0 Å². The zero-order chi connectivity index (χ0) is 11.0. The fourth-order valence-electron chi connectivity index (χ4n) is 0.730. The summed E-state index contributed by atoms with van der Waals surface area (Å²) in [5.74, 6) is 0.304. The Hall–Kier alpha value is -0.750. The van der Waals surface area contributed by atoms with E-state index in [4.69, 9.17) is 10.8 Å². The van der Waals surface area contributed by atoms with Crippen molar-refractivity contribution in [1.29, 1.82) is 0 Å². The first-order chi connectivity index (χ1) is 6.56. The quantitative estimate of drug-likeness (QED) is 0.484. The molecular formula is C8H16N2O3S. The predicted molar refractivity (Wildman–Crippen MR) is 55.8 cm³/mol. The number of hydrogen-bond donors (Lipinski definition) is 3. The summed E-state index contributed by atoms with van der Waals surface area (Å²) in [6.07, 6.45) is 0.336. The number of aliphatic hydroxyl groups excluding tert-OH is 1. The molecule has 0 aliphatic rings. The van der Waals surface area contributed by atoms with Gasteiger partial charge >= 0.3 is 0 Å². The average Bonchev–Trinajstić information content (AvgIpc) is 2.12. The maximum Gasteiger partial charge on any atom is 0.227 e. The van der Waals surface area contributed by atoms with E-state index < -0.39 is 0 Å². The van der Waals surface area contributed by atoms with Gasteiger partial charge < -0.3 is 16.2 Å². The lowest BCUT2D eigenvalue weighted by molar-refractivity contribution is -0.121. The van der Waals surface area contributed by atoms with Crippen LogP contribution in [0.15, 0.2) is 0 Å². The Morgan fingerprint density at radius 1 is 1.57 bits per heavy atom. The number of aliphatic hydroxyl groups is 1. The zero-order valence-corrected chi connectivity index (χ0v) is 8.97. The summed E-state index contributed by atoms with van der Waals surface area (Å²) < 4.78 is 0. The van der Waals surface area contributed by atoms with E-state index in [1.165, 1.54) is 11.8 Å². The van der Waals surface area contributed by atoms with E-state index in [0.29, 0.717) is 12.2 Å². The van der Waals surface area contributed by atoms with E-state index in [9.17, 15) is 9.59 Å². The molecule has 0 saturated heterocycles. The van der Waals surface area contributed by atoms with Gasteiger partial charge in [0.25, 0.3) is 0 Å². The van der Waals surface area contributed by atoms with Crippen molar-refractivity contribution in [3.63, 3.8) is 0 Å². The van der Waals surface area contributed by atoms with Crippen LogP contribution in [0, 0.1) is 0 Å². The zero-order valence-electron chi connectivity index (χ0n) is 8.16. The first kappa shape index (κ1) is 13.2. The van der Waals surface area contributed by atoms with Crippen molar-refractivity contribution < 1.29 is 14.7 Å². The van der Waals surface area contributed by atoms with Gasteiger partial charge in [-0.05, 0) is 6.92 Å². The molecule has 0 aromatic carbocycles. The van der Waals surface area contributed by atoms with Gasteiger partial charge in [-0.3, -0.25) is 9.59 Å². The number of amides is 2. The number of thioether (sulfide) groups is 1. The third-order valence-electron chi connectivity index (χ3n) is 1.40. The molecule has 2 amide bonds. The van der Waals surface area contributed by atoms with Crippen LogP contribution in [-0.2, 0) is 9.59 Å². The summed E-state index contributed by atoms with van der Waals surface area (Å²) in [7, 11) is 0. The molecule has 14 heavy (non-hydrogen) atoms. The third kappa shape index (κ3) is 7.88. The largest absolute Gasteiger partial charge is 0.394 e. The van der Waals surface area contributed by atoms with Crippen LogP contribution in [0.3, 0.4) is 0 Å². The van der Waals surface area contributed by atoms with Crippen molar-refractivity contribution >= 4 is 23.6 Å². The summed E-state index contributed by atoms with van der Waals surface area (Å²) >= 11 is 1.33. The SMILES string of the molecule is CC(CO)NC(=O)CCSCC(N)=O. The van der Waals surface area contributed by atoms with Crippen LogP contribution in [0.2, 0.25) is 0 Å². The van der Waals surface area contributed by atoms with Crippen molar-refractivity contribution in [3.05, 3.63) is 0 Å². The van der Waals surface area contributed by atoms with Crippen LogP contribution >= 0.6 is 11.8 Å². The lowest BCUT2D eigenvalue weighted by Gasteiger charge is -2.09. The number of carbonyl (C=O) groups is 2. The van der Waals surface area contributed by atoms with Gasteiger partial charge in [0.1, 0.15) is 0 Å². The van der Waals surface area contributed by atoms with Crippen LogP contribution < -0.4 is 11.1 Å². The summed E-state index contributed by atoms with van der Waals surface area (Å²) in [5, 5.41) is 11.2. The predicted octanol–water partition coefficient (Wildman–Crippen LogP) is -0.908. The lowest BCUT2D eigenvalue weighted by Crippen LogP contribution is -2.35. The van der Waals surface area contributed by atoms with Gasteiger partial charge in [-0.25, -0.2) is 0 Å². The van der Waals surface area contributed by atoms with Gasteiger partial charge in [0.05, 0.1) is 12.4 Å². The summed E-state index contributed by atoms with van der Waals surface area (Å²) in [6, 6.07) is -0.219. The summed E-state index contributed by atoms with van der Waals surface area (Å²) in [4.78, 5) is 21.4. The Morgan fingerprint density at radius 2 is 2.21 bits per heavy atom. The van der Waals surface area contributed by atoms with Gasteiger partial charge in [0.2, 0.25) is 11.8 Å². The molecule has 5 nitrogen and oxygen atoms in total. The van der Waals surface area contributed by atoms with Crippen molar-refractivity contribution in [2.24, 2.45) is 5.73 Å². The number of nitrogens with two attached hydrogens (primary N) is 1. The maximum absolute atomic E-state index is 11.1. The molecule has 0 bridgehead atoms. The van der Waals surface area contributed by atoms with Gasteiger partial charge in [-0.2, -0.15) is 11.8 Å². The number of hydrogen-bond acceptors (Lipinski definition) is 4. The fourth-order valence-corrected chi connectivity index (χ4v) is 1.41. The average molecular weight is 220 g/mol. The molecule has 1 atom stereocenters. The molecular weight excluding hydrogens is 204 g/mol. The van der Waals surface area contributed by atoms with Crippen molar-refractivity contribution in [2.45, 2.75) is 19.4 Å². The lowest BCUT2D eigenvalue weighted by atomic mass is 10.3. The van der Waals surface area contributed by atoms with E-state index >= 15 is 0 Å². The van der Waals surface area contributed by atoms with Crippen LogP contribution in [0.25, 0.3) is 0 Å². The van der Waals surface area contributed by atoms with Crippen LogP contribution in [0.5, 0.6) is 0 Å². The minimum absolute atomic E-state index is 0.0693. The van der Waals surface area contributed by atoms with Gasteiger partial charge in [-0.1, -0.05) is 0 Å². The van der Waals surface area contributed by atoms with Crippen LogP contribution in [-0.4, -0.2) is 41.1 Å². The summed E-state index contributed by atoms with van der Waals surface area (Å²) in [6.45, 7) is 1.65. The number of primary amides is 1. The molecule has 4 N–H and O–H groups in total. The molecule has 82 valence electrons. The smallest absolute Gasteiger partial charge is 0.227 e. The Morgan fingerprint density at radius 3 is 2.71 bits per heavy atom. The molecule has 0 saturated carbocycles. The molecule has 0 spiro atoms. The maximum atomic E-state index is 11.1. The highest BCUT2D eigenvalue weighted by atomic mass is 32.2. The third-order valence-corrected chi connectivity index (χ3v) is 2.38. The highest BCUT2D eigenvalue weighted by Crippen LogP contribution is 2.01. The van der Waals surface area contributed by atoms with E-state index in [0.717, 1.165) is 0 Å². The monoisotopic (exact) mass is 220 g/mol.